The van der Waals surface area contributed by atoms with Gasteiger partial charge in [-0.3, -0.25) is 4.79 Å². The van der Waals surface area contributed by atoms with E-state index in [9.17, 15) is 4.79 Å². The lowest BCUT2D eigenvalue weighted by Crippen LogP contribution is -2.04. The molecule has 0 fully saturated rings. The second-order valence-corrected chi connectivity index (χ2v) is 2.14. The Bertz CT molecular complexity index is 304. The van der Waals surface area contributed by atoms with Crippen LogP contribution < -0.4 is 16.2 Å². The van der Waals surface area contributed by atoms with E-state index in [0.29, 0.717) is 6.67 Å². The minimum Gasteiger partial charge on any atom is -0.365 e. The normalized spacial score (nSPS) is 13.6. The molecule has 0 spiro atoms. The summed E-state index contributed by atoms with van der Waals surface area (Å²) in [7, 11) is 0. The number of pyridine rings is 1. The first-order valence-electron chi connectivity index (χ1n) is 3.07. The molecule has 4 nitrogen and oxygen atoms in total. The first-order chi connectivity index (χ1) is 4.86. The monoisotopic (exact) mass is 137 g/mol. The van der Waals surface area contributed by atoms with Gasteiger partial charge < -0.3 is 15.6 Å². The summed E-state index contributed by atoms with van der Waals surface area (Å²) in [6.07, 6.45) is 0. The highest BCUT2D eigenvalue weighted by molar-refractivity contribution is 5.68. The molecule has 0 bridgehead atoms. The molecule has 4 heteroatoms. The minimum atomic E-state index is -0.0741. The average Bonchev–Trinajstić information content (AvgIpc) is 2.33. The van der Waals surface area contributed by atoms with Crippen LogP contribution in [0.15, 0.2) is 16.9 Å². The molecule has 0 radical (unpaired) electrons. The Balaban J connectivity index is 2.63. The first-order valence-corrected chi connectivity index (χ1v) is 3.07. The first kappa shape index (κ1) is 5.34. The van der Waals surface area contributed by atoms with Crippen molar-refractivity contribution in [3.8, 4) is 0 Å². The van der Waals surface area contributed by atoms with Crippen LogP contribution in [0.1, 0.15) is 0 Å². The van der Waals surface area contributed by atoms with Crippen molar-refractivity contribution in [1.29, 1.82) is 0 Å². The van der Waals surface area contributed by atoms with E-state index in [-0.39, 0.29) is 5.56 Å². The van der Waals surface area contributed by atoms with Crippen LogP contribution in [-0.4, -0.2) is 11.7 Å². The molecule has 10 heavy (non-hydrogen) atoms. The van der Waals surface area contributed by atoms with Gasteiger partial charge in [-0.15, -0.1) is 0 Å². The smallest absolute Gasteiger partial charge is 0.249 e. The topological polar surface area (TPSA) is 56.9 Å². The van der Waals surface area contributed by atoms with E-state index in [4.69, 9.17) is 0 Å². The largest absolute Gasteiger partial charge is 0.365 e. The summed E-state index contributed by atoms with van der Waals surface area (Å²) >= 11 is 0. The van der Waals surface area contributed by atoms with Gasteiger partial charge in [0.25, 0.3) is 0 Å². The molecule has 0 aliphatic carbocycles. The Morgan fingerprint density at radius 2 is 2.20 bits per heavy atom. The fourth-order valence-electron chi connectivity index (χ4n) is 0.989. The second kappa shape index (κ2) is 1.76. The van der Waals surface area contributed by atoms with Crippen molar-refractivity contribution in [2.24, 2.45) is 0 Å². The van der Waals surface area contributed by atoms with E-state index in [1.165, 1.54) is 6.07 Å². The van der Waals surface area contributed by atoms with Gasteiger partial charge in [0.1, 0.15) is 5.82 Å². The lowest BCUT2D eigenvalue weighted by atomic mass is 10.4. The standard InChI is InChI=1S/C6H7N3O/c10-5-2-1-4-6(9-5)8-3-7-4/h1-2,7H,3H2,(H2,8,9,10). The van der Waals surface area contributed by atoms with E-state index in [2.05, 4.69) is 15.6 Å². The molecule has 1 aromatic rings. The fourth-order valence-corrected chi connectivity index (χ4v) is 0.989. The van der Waals surface area contributed by atoms with Gasteiger partial charge in [0.15, 0.2) is 0 Å². The van der Waals surface area contributed by atoms with Crippen LogP contribution in [0.3, 0.4) is 0 Å². The van der Waals surface area contributed by atoms with E-state index in [1.807, 2.05) is 0 Å². The minimum absolute atomic E-state index is 0.0741. The molecule has 2 heterocycles. The number of hydrogen-bond acceptors (Lipinski definition) is 3. The van der Waals surface area contributed by atoms with Gasteiger partial charge in [-0.2, -0.15) is 0 Å². The molecule has 52 valence electrons. The van der Waals surface area contributed by atoms with Gasteiger partial charge in [-0.25, -0.2) is 0 Å². The molecule has 0 saturated heterocycles. The highest BCUT2D eigenvalue weighted by Gasteiger charge is 2.07. The van der Waals surface area contributed by atoms with Crippen LogP contribution in [0.25, 0.3) is 0 Å². The van der Waals surface area contributed by atoms with Gasteiger partial charge in [0.05, 0.1) is 12.4 Å². The Hall–Kier alpha value is -1.45. The fraction of sp³-hybridized carbons (Fsp3) is 0.167. The zero-order valence-corrected chi connectivity index (χ0v) is 5.27. The van der Waals surface area contributed by atoms with Crippen LogP contribution in [0.2, 0.25) is 0 Å². The van der Waals surface area contributed by atoms with Crippen LogP contribution >= 0.6 is 0 Å². The quantitative estimate of drug-likeness (QED) is 0.477. The van der Waals surface area contributed by atoms with Crippen LogP contribution in [-0.2, 0) is 0 Å². The molecular formula is C6H7N3O. The molecule has 3 N–H and O–H groups in total. The second-order valence-electron chi connectivity index (χ2n) is 2.14. The van der Waals surface area contributed by atoms with Gasteiger partial charge in [0, 0.05) is 6.07 Å². The summed E-state index contributed by atoms with van der Waals surface area (Å²) in [4.78, 5) is 13.4. The summed E-state index contributed by atoms with van der Waals surface area (Å²) in [6, 6.07) is 3.26. The Kier molecular flexibility index (Phi) is 0.943. The Morgan fingerprint density at radius 1 is 1.30 bits per heavy atom. The third-order valence-corrected chi connectivity index (χ3v) is 1.46. The number of fused-ring (bicyclic) bond motifs is 1. The van der Waals surface area contributed by atoms with Crippen molar-refractivity contribution in [2.45, 2.75) is 0 Å². The zero-order valence-electron chi connectivity index (χ0n) is 5.27. The maximum absolute atomic E-state index is 10.7. The van der Waals surface area contributed by atoms with Crippen molar-refractivity contribution < 1.29 is 0 Å². The molecule has 0 atom stereocenters. The molecule has 0 saturated carbocycles. The third-order valence-electron chi connectivity index (χ3n) is 1.46. The van der Waals surface area contributed by atoms with Crippen LogP contribution in [0.4, 0.5) is 11.5 Å². The van der Waals surface area contributed by atoms with E-state index in [0.717, 1.165) is 11.5 Å². The van der Waals surface area contributed by atoms with Gasteiger partial charge >= 0.3 is 0 Å². The van der Waals surface area contributed by atoms with Crippen molar-refractivity contribution in [3.63, 3.8) is 0 Å². The van der Waals surface area contributed by atoms with Gasteiger partial charge in [-0.05, 0) is 6.07 Å². The number of hydrogen-bond donors (Lipinski definition) is 3. The predicted octanol–water partition coefficient (Wildman–Crippen LogP) is 0.170. The maximum atomic E-state index is 10.7. The number of aromatic amines is 1. The molecule has 2 rings (SSSR count). The van der Waals surface area contributed by atoms with Gasteiger partial charge in [-0.1, -0.05) is 0 Å². The van der Waals surface area contributed by atoms with Crippen molar-refractivity contribution in [1.82, 2.24) is 4.98 Å². The molecule has 0 amide bonds. The van der Waals surface area contributed by atoms with Crippen LogP contribution in [0.5, 0.6) is 0 Å². The number of nitrogens with one attached hydrogen (secondary N) is 3. The Labute approximate surface area is 57.3 Å². The summed E-state index contributed by atoms with van der Waals surface area (Å²) in [5.41, 5.74) is 0.884. The Morgan fingerprint density at radius 3 is 3.10 bits per heavy atom. The summed E-state index contributed by atoms with van der Waals surface area (Å²) in [5.74, 6) is 0.785. The molecule has 1 aliphatic heterocycles. The molecule has 0 aromatic carbocycles. The molecule has 1 aliphatic rings. The number of rotatable bonds is 0. The number of aromatic nitrogens is 1. The van der Waals surface area contributed by atoms with Crippen molar-refractivity contribution in [3.05, 3.63) is 22.5 Å². The van der Waals surface area contributed by atoms with Gasteiger partial charge in [0.2, 0.25) is 5.56 Å². The predicted molar refractivity (Wildman–Crippen MR) is 39.2 cm³/mol. The van der Waals surface area contributed by atoms with E-state index in [1.54, 1.807) is 6.07 Å². The average molecular weight is 137 g/mol. The molecule has 1 aromatic heterocycles. The zero-order chi connectivity index (χ0) is 6.97. The number of anilines is 2. The lowest BCUT2D eigenvalue weighted by Gasteiger charge is -1.93. The lowest BCUT2D eigenvalue weighted by molar-refractivity contribution is 1.23. The highest BCUT2D eigenvalue weighted by Crippen LogP contribution is 2.19. The molecule has 0 unspecified atom stereocenters. The van der Waals surface area contributed by atoms with Crippen LogP contribution in [0, 0.1) is 0 Å². The van der Waals surface area contributed by atoms with E-state index < -0.39 is 0 Å². The third kappa shape index (κ3) is 0.655. The van der Waals surface area contributed by atoms with Crippen molar-refractivity contribution >= 4 is 11.5 Å². The van der Waals surface area contributed by atoms with Crippen molar-refractivity contribution in [2.75, 3.05) is 17.3 Å². The maximum Gasteiger partial charge on any atom is 0.249 e. The summed E-state index contributed by atoms with van der Waals surface area (Å²) < 4.78 is 0. The molecular weight excluding hydrogens is 130 g/mol. The number of H-pyrrole nitrogens is 1. The SMILES string of the molecule is O=c1ccc2c([nH]1)NCN2. The summed E-state index contributed by atoms with van der Waals surface area (Å²) in [5, 5.41) is 6.02. The van der Waals surface area contributed by atoms with E-state index >= 15 is 0 Å². The summed E-state index contributed by atoms with van der Waals surface area (Å²) in [6.45, 7) is 0.690. The highest BCUT2D eigenvalue weighted by atomic mass is 16.1.